The third kappa shape index (κ3) is 5.32. The molecule has 4 aromatic carbocycles. The molecule has 5 rings (SSSR count). The summed E-state index contributed by atoms with van der Waals surface area (Å²) < 4.78 is 1.38. The van der Waals surface area contributed by atoms with Crippen molar-refractivity contribution in [2.75, 3.05) is 5.75 Å². The summed E-state index contributed by atoms with van der Waals surface area (Å²) in [5.41, 5.74) is 6.79. The van der Waals surface area contributed by atoms with E-state index in [-0.39, 0.29) is 5.78 Å². The van der Waals surface area contributed by atoms with Crippen LogP contribution in [0.15, 0.2) is 96.2 Å². The molecule has 1 heterocycles. The molecule has 0 bridgehead atoms. The van der Waals surface area contributed by atoms with Crippen molar-refractivity contribution in [3.8, 4) is 0 Å². The van der Waals surface area contributed by atoms with Crippen LogP contribution in [0.25, 0.3) is 21.8 Å². The number of hydrogen-bond acceptors (Lipinski definition) is 5. The number of aryl methyl sites for hydroxylation is 2. The SMILES string of the molecule is CCSC(C)(C(=O)ON=C(C)c1ccc2c(c1)c1cc(C(=O)c3ccccc3C)ccc1n2CC)c1ccccc1. The zero-order valence-corrected chi connectivity index (χ0v) is 24.9. The Hall–Kier alpha value is -4.16. The predicted molar refractivity (Wildman–Crippen MR) is 170 cm³/mol. The van der Waals surface area contributed by atoms with Crippen molar-refractivity contribution < 1.29 is 14.4 Å². The highest BCUT2D eigenvalue weighted by Crippen LogP contribution is 2.37. The summed E-state index contributed by atoms with van der Waals surface area (Å²) in [5, 5.41) is 6.30. The number of rotatable bonds is 9. The van der Waals surface area contributed by atoms with E-state index in [9.17, 15) is 9.59 Å². The van der Waals surface area contributed by atoms with Gasteiger partial charge in [-0.25, -0.2) is 4.79 Å². The van der Waals surface area contributed by atoms with Crippen LogP contribution >= 0.6 is 11.8 Å². The summed E-state index contributed by atoms with van der Waals surface area (Å²) in [4.78, 5) is 32.2. The molecular formula is C35H34N2O3S. The molecule has 0 fully saturated rings. The van der Waals surface area contributed by atoms with Gasteiger partial charge in [0.2, 0.25) is 0 Å². The van der Waals surface area contributed by atoms with Crippen LogP contribution in [0.5, 0.6) is 0 Å². The van der Waals surface area contributed by atoms with Gasteiger partial charge in [0.25, 0.3) is 0 Å². The van der Waals surface area contributed by atoms with Gasteiger partial charge in [0.05, 0.1) is 5.71 Å². The maximum Gasteiger partial charge on any atom is 0.355 e. The van der Waals surface area contributed by atoms with E-state index in [4.69, 9.17) is 4.84 Å². The predicted octanol–water partition coefficient (Wildman–Crippen LogP) is 8.29. The Morgan fingerprint density at radius 1 is 0.854 bits per heavy atom. The molecule has 5 aromatic rings. The minimum Gasteiger partial charge on any atom is -0.341 e. The van der Waals surface area contributed by atoms with E-state index in [1.165, 1.54) is 11.8 Å². The second-order valence-electron chi connectivity index (χ2n) is 10.2. The van der Waals surface area contributed by atoms with Crippen LogP contribution in [0.4, 0.5) is 0 Å². The second kappa shape index (κ2) is 11.8. The van der Waals surface area contributed by atoms with Crippen LogP contribution in [0, 0.1) is 6.92 Å². The number of nitrogens with zero attached hydrogens (tertiary/aromatic N) is 2. The van der Waals surface area contributed by atoms with E-state index < -0.39 is 10.7 Å². The highest BCUT2D eigenvalue weighted by Gasteiger charge is 2.37. The minimum atomic E-state index is -0.863. The molecule has 1 aromatic heterocycles. The molecule has 0 saturated carbocycles. The number of oxime groups is 1. The summed E-state index contributed by atoms with van der Waals surface area (Å²) in [5.74, 6) is 0.364. The van der Waals surface area contributed by atoms with E-state index in [0.29, 0.717) is 16.8 Å². The molecule has 0 aliphatic carbocycles. The number of fused-ring (bicyclic) bond motifs is 3. The maximum absolute atomic E-state index is 13.4. The van der Waals surface area contributed by atoms with Gasteiger partial charge < -0.3 is 9.40 Å². The lowest BCUT2D eigenvalue weighted by Crippen LogP contribution is -2.30. The number of benzene rings is 4. The first kappa shape index (κ1) is 28.4. The van der Waals surface area contributed by atoms with Crippen LogP contribution < -0.4 is 0 Å². The van der Waals surface area contributed by atoms with Crippen molar-refractivity contribution in [2.24, 2.45) is 5.16 Å². The van der Waals surface area contributed by atoms with Gasteiger partial charge in [0.15, 0.2) is 5.78 Å². The lowest BCUT2D eigenvalue weighted by Gasteiger charge is -2.25. The molecule has 5 nitrogen and oxygen atoms in total. The minimum absolute atomic E-state index is 0.00891. The lowest BCUT2D eigenvalue weighted by atomic mass is 9.97. The Labute approximate surface area is 245 Å². The molecule has 208 valence electrons. The molecule has 6 heteroatoms. The topological polar surface area (TPSA) is 60.7 Å². The molecule has 1 unspecified atom stereocenters. The van der Waals surface area contributed by atoms with Gasteiger partial charge in [-0.3, -0.25) is 4.79 Å². The van der Waals surface area contributed by atoms with Gasteiger partial charge in [-0.1, -0.05) is 72.7 Å². The average Bonchev–Trinajstić information content (AvgIpc) is 3.32. The highest BCUT2D eigenvalue weighted by molar-refractivity contribution is 8.00. The number of thioether (sulfide) groups is 1. The van der Waals surface area contributed by atoms with Crippen LogP contribution in [-0.2, 0) is 20.9 Å². The molecule has 0 aliphatic rings. The maximum atomic E-state index is 13.4. The Balaban J connectivity index is 1.51. The molecule has 0 saturated heterocycles. The zero-order valence-electron chi connectivity index (χ0n) is 24.1. The molecule has 0 amide bonds. The van der Waals surface area contributed by atoms with Crippen molar-refractivity contribution in [3.05, 3.63) is 119 Å². The van der Waals surface area contributed by atoms with Crippen molar-refractivity contribution in [2.45, 2.75) is 45.9 Å². The van der Waals surface area contributed by atoms with Gasteiger partial charge >= 0.3 is 5.97 Å². The number of hydrogen-bond donors (Lipinski definition) is 0. The van der Waals surface area contributed by atoms with Crippen LogP contribution in [0.1, 0.15) is 60.3 Å². The van der Waals surface area contributed by atoms with Crippen molar-refractivity contribution in [1.82, 2.24) is 4.57 Å². The number of carbonyl (C=O) groups excluding carboxylic acids is 2. The van der Waals surface area contributed by atoms with Crippen molar-refractivity contribution in [1.29, 1.82) is 0 Å². The Morgan fingerprint density at radius 2 is 1.46 bits per heavy atom. The fourth-order valence-corrected chi connectivity index (χ4v) is 6.38. The van der Waals surface area contributed by atoms with Crippen molar-refractivity contribution >= 4 is 51.0 Å². The highest BCUT2D eigenvalue weighted by atomic mass is 32.2. The fraction of sp³-hybridized carbons (Fsp3) is 0.229. The summed E-state index contributed by atoms with van der Waals surface area (Å²) in [6.07, 6.45) is 0. The van der Waals surface area contributed by atoms with E-state index in [1.807, 2.05) is 107 Å². The first-order valence-corrected chi connectivity index (χ1v) is 14.9. The van der Waals surface area contributed by atoms with Gasteiger partial charge in [0, 0.05) is 39.5 Å². The molecule has 0 radical (unpaired) electrons. The smallest absolute Gasteiger partial charge is 0.341 e. The summed E-state index contributed by atoms with van der Waals surface area (Å²) >= 11 is 1.52. The van der Waals surface area contributed by atoms with Crippen LogP contribution in [-0.4, -0.2) is 27.8 Å². The monoisotopic (exact) mass is 562 g/mol. The Kier molecular flexibility index (Phi) is 8.13. The molecular weight excluding hydrogens is 528 g/mol. The lowest BCUT2D eigenvalue weighted by molar-refractivity contribution is -0.146. The normalized spacial score (nSPS) is 13.3. The Morgan fingerprint density at radius 3 is 2.10 bits per heavy atom. The third-order valence-electron chi connectivity index (χ3n) is 7.66. The van der Waals surface area contributed by atoms with E-state index in [2.05, 4.69) is 28.8 Å². The van der Waals surface area contributed by atoms with Crippen LogP contribution in [0.3, 0.4) is 0 Å². The third-order valence-corrected chi connectivity index (χ3v) is 8.93. The standard InChI is InChI=1S/C35H34N2O3S/c1-6-37-31-19-17-25(24(4)36-40-34(39)35(5,41-7-2)27-14-9-8-10-15-27)21-29(31)30-22-26(18-20-32(30)37)33(38)28-16-12-11-13-23(28)3/h8-22H,6-7H2,1-5H3. The molecule has 1 atom stereocenters. The first-order chi connectivity index (χ1) is 19.8. The molecule has 41 heavy (non-hydrogen) atoms. The molecule has 0 N–H and O–H groups in total. The van der Waals surface area contributed by atoms with Crippen LogP contribution in [0.2, 0.25) is 0 Å². The number of ketones is 1. The summed E-state index contributed by atoms with van der Waals surface area (Å²) in [7, 11) is 0. The van der Waals surface area contributed by atoms with Gasteiger partial charge in [-0.2, -0.15) is 0 Å². The van der Waals surface area contributed by atoms with E-state index in [0.717, 1.165) is 50.8 Å². The average molecular weight is 563 g/mol. The number of carbonyl (C=O) groups is 2. The molecule has 0 spiro atoms. The fourth-order valence-electron chi connectivity index (χ4n) is 5.35. The Bertz CT molecular complexity index is 1790. The largest absolute Gasteiger partial charge is 0.355 e. The first-order valence-electron chi connectivity index (χ1n) is 13.9. The number of aromatic nitrogens is 1. The quantitative estimate of drug-likeness (QED) is 0.0785. The zero-order chi connectivity index (χ0) is 29.1. The van der Waals surface area contributed by atoms with E-state index in [1.54, 1.807) is 0 Å². The second-order valence-corrected chi connectivity index (χ2v) is 11.9. The summed E-state index contributed by atoms with van der Waals surface area (Å²) in [6, 6.07) is 29.4. The summed E-state index contributed by atoms with van der Waals surface area (Å²) in [6.45, 7) is 10.6. The van der Waals surface area contributed by atoms with Crippen molar-refractivity contribution in [3.63, 3.8) is 0 Å². The molecule has 0 aliphatic heterocycles. The van der Waals surface area contributed by atoms with Gasteiger partial charge in [0.1, 0.15) is 4.75 Å². The van der Waals surface area contributed by atoms with Gasteiger partial charge in [-0.05, 0) is 80.5 Å². The van der Waals surface area contributed by atoms with Gasteiger partial charge in [-0.15, -0.1) is 11.8 Å². The van der Waals surface area contributed by atoms with E-state index >= 15 is 0 Å².